The molecule has 4 atom stereocenters. The van der Waals surface area contributed by atoms with E-state index in [-0.39, 0.29) is 29.7 Å². The maximum atomic E-state index is 13.9. The Bertz CT molecular complexity index is 1550. The lowest BCUT2D eigenvalue weighted by Gasteiger charge is -2.50. The Morgan fingerprint density at radius 1 is 1.12 bits per heavy atom. The minimum atomic E-state index is -2.66. The van der Waals surface area contributed by atoms with Gasteiger partial charge in [-0.05, 0) is 88.6 Å². The van der Waals surface area contributed by atoms with Crippen LogP contribution in [0.15, 0.2) is 51.3 Å². The number of hydrogen-bond acceptors (Lipinski definition) is 10. The van der Waals surface area contributed by atoms with Gasteiger partial charge in [0.2, 0.25) is 5.78 Å². The molecule has 6 N–H and O–H groups in total. The number of nitrogens with zero attached hydrogens (tertiary/aromatic N) is 2. The van der Waals surface area contributed by atoms with E-state index in [0.29, 0.717) is 23.4 Å². The van der Waals surface area contributed by atoms with Crippen molar-refractivity contribution in [3.63, 3.8) is 0 Å². The summed E-state index contributed by atoms with van der Waals surface area (Å²) < 4.78 is 6.17. The zero-order valence-corrected chi connectivity index (χ0v) is 22.9. The maximum absolute atomic E-state index is 13.9. The number of carbonyl (C=O) groups is 3. The number of rotatable bonds is 5. The van der Waals surface area contributed by atoms with Crippen LogP contribution in [0, 0.1) is 11.8 Å². The molecule has 1 amide bonds. The van der Waals surface area contributed by atoms with Crippen LogP contribution in [0.3, 0.4) is 0 Å². The van der Waals surface area contributed by atoms with E-state index in [1.54, 1.807) is 20.2 Å². The third-order valence-corrected chi connectivity index (χ3v) is 9.11. The van der Waals surface area contributed by atoms with E-state index in [0.717, 1.165) is 31.7 Å². The fraction of sp³-hybridized carbons (Fsp3) is 0.433. The Hall–Kier alpha value is -3.93. The lowest BCUT2D eigenvalue weighted by Crippen LogP contribution is -2.63. The molecule has 4 aliphatic rings. The van der Waals surface area contributed by atoms with E-state index in [9.17, 15) is 34.8 Å². The summed E-state index contributed by atoms with van der Waals surface area (Å²) in [6.07, 6.45) is 2.53. The molecule has 0 radical (unpaired) electrons. The number of likely N-dealkylation sites (N-methyl/N-ethyl adjacent to an activating group) is 1. The quantitative estimate of drug-likeness (QED) is 0.338. The second kappa shape index (κ2) is 9.57. The Labute approximate surface area is 236 Å². The zero-order chi connectivity index (χ0) is 29.4. The number of furan rings is 1. The third kappa shape index (κ3) is 3.94. The summed E-state index contributed by atoms with van der Waals surface area (Å²) in [5.41, 5.74) is 2.82. The van der Waals surface area contributed by atoms with Gasteiger partial charge in [0.25, 0.3) is 5.91 Å². The van der Waals surface area contributed by atoms with Crippen LogP contribution in [0.2, 0.25) is 0 Å². The smallest absolute Gasteiger partial charge is 0.255 e. The molecular weight excluding hydrogens is 530 g/mol. The Morgan fingerprint density at radius 2 is 1.83 bits per heavy atom. The van der Waals surface area contributed by atoms with Crippen molar-refractivity contribution in [3.8, 4) is 17.1 Å². The first-order chi connectivity index (χ1) is 19.4. The van der Waals surface area contributed by atoms with Crippen LogP contribution in [0.5, 0.6) is 5.75 Å². The molecule has 11 nitrogen and oxygen atoms in total. The number of nitrogens with two attached hydrogens (primary N) is 1. The second-order valence-corrected chi connectivity index (χ2v) is 11.7. The number of fused-ring (bicyclic) bond motifs is 3. The van der Waals surface area contributed by atoms with Gasteiger partial charge >= 0.3 is 0 Å². The number of carbonyl (C=O) groups excluding carboxylic acids is 3. The van der Waals surface area contributed by atoms with Gasteiger partial charge in [0.05, 0.1) is 18.2 Å². The van der Waals surface area contributed by atoms with E-state index < -0.39 is 58.0 Å². The number of phenolic OH excluding ortho intramolecular Hbond substituents is 1. The first-order valence-corrected chi connectivity index (χ1v) is 13.8. The molecule has 0 spiro atoms. The van der Waals surface area contributed by atoms with Crippen LogP contribution in [0.25, 0.3) is 11.3 Å². The molecule has 1 aromatic carbocycles. The molecule has 41 heavy (non-hydrogen) atoms. The number of ketones is 2. The number of Topliss-reactive ketones (excluding diaryl/α,β-unsaturated/α-hetero) is 2. The molecule has 1 unspecified atom stereocenters. The molecule has 1 saturated heterocycles. The van der Waals surface area contributed by atoms with Crippen molar-refractivity contribution in [2.75, 3.05) is 27.2 Å². The minimum absolute atomic E-state index is 0.0270. The molecule has 2 heterocycles. The minimum Gasteiger partial charge on any atom is -0.510 e. The third-order valence-electron chi connectivity index (χ3n) is 9.11. The van der Waals surface area contributed by atoms with Crippen molar-refractivity contribution >= 4 is 17.5 Å². The largest absolute Gasteiger partial charge is 0.510 e. The number of phenols is 1. The molecule has 216 valence electrons. The standard InChI is InChI=1S/C30H33N3O8/c1-32(2)24-18-12-14-11-17-16(20-8-5-15(41-20)13-33-9-3-4-10-33)6-7-19(34)22(17)25(35)21(14)27(37)30(18,40)28(38)23(26(24)36)29(31)39/h5-8,14,18,24,34,36-37,40H,3-4,9-13H2,1-2H3,(H2,31,39)/t14-,18+,24?,30-/m1/s1. The average Bonchev–Trinajstić information content (AvgIpc) is 3.59. The van der Waals surface area contributed by atoms with Crippen LogP contribution in [-0.4, -0.2) is 86.5 Å². The number of primary amides is 1. The molecule has 1 aromatic heterocycles. The number of benzene rings is 1. The van der Waals surface area contributed by atoms with Gasteiger partial charge in [0, 0.05) is 17.1 Å². The summed E-state index contributed by atoms with van der Waals surface area (Å²) >= 11 is 0. The highest BCUT2D eigenvalue weighted by atomic mass is 16.4. The van der Waals surface area contributed by atoms with Gasteiger partial charge in [0.15, 0.2) is 11.4 Å². The van der Waals surface area contributed by atoms with Gasteiger partial charge in [0.1, 0.15) is 34.4 Å². The monoisotopic (exact) mass is 563 g/mol. The van der Waals surface area contributed by atoms with Gasteiger partial charge < -0.3 is 30.6 Å². The lowest BCUT2D eigenvalue weighted by molar-refractivity contribution is -0.148. The number of aromatic hydroxyl groups is 1. The normalized spacial score (nSPS) is 28.2. The van der Waals surface area contributed by atoms with E-state index in [1.165, 1.54) is 11.0 Å². The first kappa shape index (κ1) is 27.3. The molecule has 0 bridgehead atoms. The van der Waals surface area contributed by atoms with E-state index in [2.05, 4.69) is 4.90 Å². The van der Waals surface area contributed by atoms with Crippen molar-refractivity contribution in [1.82, 2.24) is 9.80 Å². The lowest BCUT2D eigenvalue weighted by atomic mass is 9.58. The summed E-state index contributed by atoms with van der Waals surface area (Å²) in [7, 11) is 3.19. The molecule has 1 aliphatic heterocycles. The van der Waals surface area contributed by atoms with Gasteiger partial charge in [-0.2, -0.15) is 0 Å². The predicted octanol–water partition coefficient (Wildman–Crippen LogP) is 1.98. The molecule has 2 aromatic rings. The summed E-state index contributed by atoms with van der Waals surface area (Å²) in [6.45, 7) is 2.69. The molecular formula is C30H33N3O8. The fourth-order valence-corrected chi connectivity index (χ4v) is 7.25. The number of allylic oxidation sites excluding steroid dienone is 1. The molecule has 3 aliphatic carbocycles. The highest BCUT2D eigenvalue weighted by Crippen LogP contribution is 2.53. The highest BCUT2D eigenvalue weighted by Gasteiger charge is 2.63. The van der Waals surface area contributed by atoms with Crippen molar-refractivity contribution in [1.29, 1.82) is 0 Å². The fourth-order valence-electron chi connectivity index (χ4n) is 7.25. The Balaban J connectivity index is 1.45. The zero-order valence-electron chi connectivity index (χ0n) is 22.9. The molecule has 1 fully saturated rings. The maximum Gasteiger partial charge on any atom is 0.255 e. The van der Waals surface area contributed by atoms with Crippen molar-refractivity contribution in [2.45, 2.75) is 43.9 Å². The number of likely N-dealkylation sites (tertiary alicyclic amines) is 1. The summed E-state index contributed by atoms with van der Waals surface area (Å²) in [5, 5.41) is 44.9. The number of aliphatic hydroxyl groups is 3. The number of aliphatic hydroxyl groups excluding tert-OH is 2. The predicted molar refractivity (Wildman–Crippen MR) is 146 cm³/mol. The van der Waals surface area contributed by atoms with Crippen LogP contribution >= 0.6 is 0 Å². The summed E-state index contributed by atoms with van der Waals surface area (Å²) in [4.78, 5) is 43.3. The SMILES string of the molecule is CN(C)C1C(O)=C(C(N)=O)C(=O)[C@]2(O)C(O)=C3C(=O)c4c(O)ccc(-c5ccc(CN6CCCC6)o5)c4C[C@@H]3C[C@@H]12. The van der Waals surface area contributed by atoms with E-state index in [1.807, 2.05) is 12.1 Å². The summed E-state index contributed by atoms with van der Waals surface area (Å²) in [5.74, 6) is -5.42. The van der Waals surface area contributed by atoms with Crippen molar-refractivity contribution < 1.29 is 39.2 Å². The van der Waals surface area contributed by atoms with E-state index in [4.69, 9.17) is 10.2 Å². The number of hydrogen-bond donors (Lipinski definition) is 5. The molecule has 0 saturated carbocycles. The Morgan fingerprint density at radius 3 is 2.49 bits per heavy atom. The van der Waals surface area contributed by atoms with E-state index >= 15 is 0 Å². The topological polar surface area (TPSA) is 178 Å². The van der Waals surface area contributed by atoms with Crippen LogP contribution in [0.4, 0.5) is 0 Å². The van der Waals surface area contributed by atoms with Crippen LogP contribution in [-0.2, 0) is 22.6 Å². The first-order valence-electron chi connectivity index (χ1n) is 13.8. The van der Waals surface area contributed by atoms with Gasteiger partial charge in [-0.25, -0.2) is 0 Å². The van der Waals surface area contributed by atoms with Crippen molar-refractivity contribution in [3.05, 3.63) is 63.8 Å². The van der Waals surface area contributed by atoms with Gasteiger partial charge in [-0.15, -0.1) is 0 Å². The van der Waals surface area contributed by atoms with Crippen LogP contribution < -0.4 is 5.73 Å². The summed E-state index contributed by atoms with van der Waals surface area (Å²) in [6, 6.07) is 5.76. The number of amides is 1. The average molecular weight is 564 g/mol. The van der Waals surface area contributed by atoms with Gasteiger partial charge in [-0.1, -0.05) is 0 Å². The van der Waals surface area contributed by atoms with Gasteiger partial charge in [-0.3, -0.25) is 24.2 Å². The van der Waals surface area contributed by atoms with Crippen molar-refractivity contribution in [2.24, 2.45) is 17.6 Å². The highest BCUT2D eigenvalue weighted by molar-refractivity contribution is 6.24. The molecule has 6 rings (SSSR count). The Kier molecular flexibility index (Phi) is 6.36. The molecule has 11 heteroatoms. The van der Waals surface area contributed by atoms with Crippen LogP contribution in [0.1, 0.15) is 40.9 Å². The second-order valence-electron chi connectivity index (χ2n) is 11.7.